The summed E-state index contributed by atoms with van der Waals surface area (Å²) in [4.78, 5) is 20.7. The van der Waals surface area contributed by atoms with E-state index < -0.39 is 0 Å². The number of H-pyrrole nitrogens is 1. The Hall–Kier alpha value is -4.99. The third kappa shape index (κ3) is 8.32. The number of ether oxygens (including phenoxy) is 5. The lowest BCUT2D eigenvalue weighted by atomic mass is 9.86. The van der Waals surface area contributed by atoms with Crippen molar-refractivity contribution in [2.24, 2.45) is 0 Å². The first kappa shape index (κ1) is 34.5. The van der Waals surface area contributed by atoms with Crippen LogP contribution < -0.4 is 14.4 Å². The van der Waals surface area contributed by atoms with Gasteiger partial charge in [0, 0.05) is 49.8 Å². The third-order valence-electron chi connectivity index (χ3n) is 9.94. The van der Waals surface area contributed by atoms with Crippen molar-refractivity contribution < 1.29 is 28.5 Å². The largest absolute Gasteiger partial charge is 0.490 e. The van der Waals surface area contributed by atoms with E-state index in [0.717, 1.165) is 77.3 Å². The number of carbonyl (C=O) groups is 1. The molecule has 266 valence electrons. The number of benzene rings is 4. The van der Waals surface area contributed by atoms with Crippen LogP contribution in [0.15, 0.2) is 103 Å². The number of rotatable bonds is 13. The number of nitrogens with one attached hydrogen (secondary N) is 1. The van der Waals surface area contributed by atoms with Crippen molar-refractivity contribution >= 4 is 22.7 Å². The maximum absolute atomic E-state index is 13.3. The van der Waals surface area contributed by atoms with E-state index in [1.165, 1.54) is 5.56 Å². The summed E-state index contributed by atoms with van der Waals surface area (Å²) in [7, 11) is 1.74. The summed E-state index contributed by atoms with van der Waals surface area (Å²) in [6.45, 7) is 6.90. The summed E-state index contributed by atoms with van der Waals surface area (Å²) in [6.07, 6.45) is 2.97. The zero-order chi connectivity index (χ0) is 35.0. The SMILES string of the molecule is COCCCN1CCOc2ccc(COC3CN(C(=O)OCc4ccccc4)CCC3c3ccc(C(C)Oc4cccc5[nH]ccc45)cc3)cc21. The summed E-state index contributed by atoms with van der Waals surface area (Å²) >= 11 is 0. The van der Waals surface area contributed by atoms with Gasteiger partial charge in [-0.15, -0.1) is 0 Å². The highest BCUT2D eigenvalue weighted by Gasteiger charge is 2.34. The maximum atomic E-state index is 13.3. The number of aromatic nitrogens is 1. The minimum atomic E-state index is -0.317. The summed E-state index contributed by atoms with van der Waals surface area (Å²) in [5.41, 5.74) is 6.45. The van der Waals surface area contributed by atoms with Gasteiger partial charge in [-0.05, 0) is 72.4 Å². The van der Waals surface area contributed by atoms with E-state index in [1.54, 1.807) is 12.0 Å². The lowest BCUT2D eigenvalue weighted by Gasteiger charge is -2.38. The van der Waals surface area contributed by atoms with Gasteiger partial charge in [0.05, 0.1) is 31.5 Å². The Bertz CT molecular complexity index is 1880. The predicted molar refractivity (Wildman–Crippen MR) is 199 cm³/mol. The molecular weight excluding hydrogens is 642 g/mol. The second-order valence-electron chi connectivity index (χ2n) is 13.3. The summed E-state index contributed by atoms with van der Waals surface area (Å²) in [5, 5.41) is 1.07. The van der Waals surface area contributed by atoms with Crippen molar-refractivity contribution in [3.63, 3.8) is 0 Å². The fraction of sp³-hybridized carbons (Fsp3) is 0.357. The van der Waals surface area contributed by atoms with Crippen LogP contribution >= 0.6 is 0 Å². The van der Waals surface area contributed by atoms with Crippen LogP contribution in [0.2, 0.25) is 0 Å². The third-order valence-corrected chi connectivity index (χ3v) is 9.94. The lowest BCUT2D eigenvalue weighted by molar-refractivity contribution is -0.0246. The molecule has 0 saturated carbocycles. The fourth-order valence-electron chi connectivity index (χ4n) is 7.12. The topological polar surface area (TPSA) is 85.5 Å². The van der Waals surface area contributed by atoms with Crippen molar-refractivity contribution in [3.8, 4) is 11.5 Å². The van der Waals surface area contributed by atoms with Gasteiger partial charge in [0.25, 0.3) is 0 Å². The molecule has 1 fully saturated rings. The number of carbonyl (C=O) groups excluding carboxylic acids is 1. The normalized spacial score (nSPS) is 17.8. The van der Waals surface area contributed by atoms with Crippen LogP contribution in [0.4, 0.5) is 10.5 Å². The van der Waals surface area contributed by atoms with Crippen LogP contribution in [0.25, 0.3) is 10.9 Å². The molecule has 0 bridgehead atoms. The number of anilines is 1. The number of aromatic amines is 1. The lowest BCUT2D eigenvalue weighted by Crippen LogP contribution is -2.47. The first-order valence-electron chi connectivity index (χ1n) is 17.9. The van der Waals surface area contributed by atoms with E-state index in [-0.39, 0.29) is 30.8 Å². The van der Waals surface area contributed by atoms with Crippen LogP contribution in [0, 0.1) is 0 Å². The Morgan fingerprint density at radius 1 is 0.941 bits per heavy atom. The average Bonchev–Trinajstić information content (AvgIpc) is 3.67. The Morgan fingerprint density at radius 2 is 1.80 bits per heavy atom. The first-order valence-corrected chi connectivity index (χ1v) is 17.9. The molecule has 3 atom stereocenters. The molecule has 0 radical (unpaired) electrons. The standard InChI is InChI=1S/C42H47N3O6/c1-30(51-39-11-6-10-37-36(39)18-20-43-37)33-13-15-34(16-14-33)35-19-22-45(42(46)50-28-31-8-4-3-5-9-31)27-41(35)49-29-32-12-17-40-38(26-32)44(23-25-48-40)21-7-24-47-2/h3-6,8-18,20,26,30,35,41,43H,7,19,21-25,27-29H2,1-2H3. The molecule has 0 spiro atoms. The van der Waals surface area contributed by atoms with E-state index in [1.807, 2.05) is 66.9 Å². The summed E-state index contributed by atoms with van der Waals surface area (Å²) in [6, 6.07) is 32.8. The van der Waals surface area contributed by atoms with Gasteiger partial charge in [0.15, 0.2) is 0 Å². The highest BCUT2D eigenvalue weighted by Crippen LogP contribution is 2.36. The highest BCUT2D eigenvalue weighted by atomic mass is 16.6. The molecule has 2 aliphatic rings. The Kier molecular flexibility index (Phi) is 11.1. The van der Waals surface area contributed by atoms with Gasteiger partial charge < -0.3 is 38.5 Å². The Morgan fingerprint density at radius 3 is 2.65 bits per heavy atom. The van der Waals surface area contributed by atoms with Crippen LogP contribution in [0.3, 0.4) is 0 Å². The molecule has 1 aromatic heterocycles. The number of nitrogens with zero attached hydrogens (tertiary/aromatic N) is 2. The van der Waals surface area contributed by atoms with Gasteiger partial charge in [0.2, 0.25) is 0 Å². The number of likely N-dealkylation sites (tertiary alicyclic amines) is 1. The monoisotopic (exact) mass is 689 g/mol. The molecule has 3 heterocycles. The predicted octanol–water partition coefficient (Wildman–Crippen LogP) is 8.25. The summed E-state index contributed by atoms with van der Waals surface area (Å²) in [5.74, 6) is 1.86. The molecule has 51 heavy (non-hydrogen) atoms. The molecule has 0 aliphatic carbocycles. The number of amides is 1. The minimum absolute atomic E-state index is 0.105. The van der Waals surface area contributed by atoms with Gasteiger partial charge in [-0.25, -0.2) is 4.79 Å². The quantitative estimate of drug-likeness (QED) is 0.125. The van der Waals surface area contributed by atoms with Crippen LogP contribution in [0.5, 0.6) is 11.5 Å². The Labute approximate surface area is 300 Å². The molecule has 7 rings (SSSR count). The van der Waals surface area contributed by atoms with Crippen molar-refractivity contribution in [2.75, 3.05) is 51.4 Å². The van der Waals surface area contributed by atoms with E-state index in [2.05, 4.69) is 53.2 Å². The first-order chi connectivity index (χ1) is 25.1. The molecule has 1 saturated heterocycles. The number of hydrogen-bond acceptors (Lipinski definition) is 7. The molecular formula is C42H47N3O6. The number of hydrogen-bond donors (Lipinski definition) is 1. The zero-order valence-corrected chi connectivity index (χ0v) is 29.5. The van der Waals surface area contributed by atoms with Gasteiger partial charge >= 0.3 is 6.09 Å². The molecule has 4 aromatic carbocycles. The second kappa shape index (κ2) is 16.4. The molecule has 9 nitrogen and oxygen atoms in total. The zero-order valence-electron chi connectivity index (χ0n) is 29.5. The van der Waals surface area contributed by atoms with Gasteiger partial charge in [-0.3, -0.25) is 0 Å². The molecule has 5 aromatic rings. The molecule has 2 aliphatic heterocycles. The van der Waals surface area contributed by atoms with Gasteiger partial charge in [-0.1, -0.05) is 66.7 Å². The number of methoxy groups -OCH3 is 1. The minimum Gasteiger partial charge on any atom is -0.490 e. The van der Waals surface area contributed by atoms with Crippen molar-refractivity contribution in [1.82, 2.24) is 9.88 Å². The van der Waals surface area contributed by atoms with Crippen LogP contribution in [-0.2, 0) is 27.4 Å². The van der Waals surface area contributed by atoms with Crippen molar-refractivity contribution in [3.05, 3.63) is 126 Å². The summed E-state index contributed by atoms with van der Waals surface area (Å²) < 4.78 is 30.1. The van der Waals surface area contributed by atoms with E-state index in [0.29, 0.717) is 26.3 Å². The van der Waals surface area contributed by atoms with Crippen LogP contribution in [-0.4, -0.2) is 68.6 Å². The Balaban J connectivity index is 1.06. The van der Waals surface area contributed by atoms with E-state index in [4.69, 9.17) is 23.7 Å². The molecule has 1 amide bonds. The fourth-order valence-corrected chi connectivity index (χ4v) is 7.12. The highest BCUT2D eigenvalue weighted by molar-refractivity contribution is 5.85. The smallest absolute Gasteiger partial charge is 0.410 e. The number of piperidine rings is 1. The molecule has 1 N–H and O–H groups in total. The number of fused-ring (bicyclic) bond motifs is 2. The van der Waals surface area contributed by atoms with Crippen LogP contribution in [0.1, 0.15) is 54.0 Å². The van der Waals surface area contributed by atoms with Crippen molar-refractivity contribution in [2.45, 2.75) is 51.1 Å². The molecule has 3 unspecified atom stereocenters. The average molecular weight is 690 g/mol. The van der Waals surface area contributed by atoms with E-state index >= 15 is 0 Å². The van der Waals surface area contributed by atoms with Gasteiger partial charge in [-0.2, -0.15) is 0 Å². The van der Waals surface area contributed by atoms with Gasteiger partial charge in [0.1, 0.15) is 30.8 Å². The second-order valence-corrected chi connectivity index (χ2v) is 13.3. The van der Waals surface area contributed by atoms with Crippen molar-refractivity contribution in [1.29, 1.82) is 0 Å². The maximum Gasteiger partial charge on any atom is 0.410 e. The van der Waals surface area contributed by atoms with E-state index in [9.17, 15) is 4.79 Å². The molecule has 9 heteroatoms.